The predicted molar refractivity (Wildman–Crippen MR) is 79.3 cm³/mol. The molecule has 0 aromatic carbocycles. The molecule has 2 heterocycles. The number of carbonyl (C=O) groups is 1. The van der Waals surface area contributed by atoms with Gasteiger partial charge in [0.2, 0.25) is 0 Å². The van der Waals surface area contributed by atoms with E-state index < -0.39 is 0 Å². The SMILES string of the molecule is CC1(NC(=O)c2cc(Cl)nc(C(C)(C)C)c2)CCOC1. The third kappa shape index (κ3) is 3.49. The molecule has 1 atom stereocenters. The molecule has 110 valence electrons. The fourth-order valence-electron chi connectivity index (χ4n) is 2.12. The van der Waals surface area contributed by atoms with Crippen molar-refractivity contribution in [2.75, 3.05) is 13.2 Å². The van der Waals surface area contributed by atoms with Crippen LogP contribution in [-0.4, -0.2) is 29.6 Å². The van der Waals surface area contributed by atoms with E-state index in [1.165, 1.54) is 0 Å². The molecule has 4 nitrogen and oxygen atoms in total. The van der Waals surface area contributed by atoms with E-state index in [4.69, 9.17) is 16.3 Å². The van der Waals surface area contributed by atoms with Gasteiger partial charge in [-0.25, -0.2) is 4.98 Å². The van der Waals surface area contributed by atoms with E-state index in [-0.39, 0.29) is 16.9 Å². The second-order valence-corrected chi connectivity index (χ2v) is 7.02. The van der Waals surface area contributed by atoms with E-state index in [9.17, 15) is 4.79 Å². The van der Waals surface area contributed by atoms with Crippen LogP contribution in [0.1, 0.15) is 50.2 Å². The highest BCUT2D eigenvalue weighted by Gasteiger charge is 2.32. The summed E-state index contributed by atoms with van der Waals surface area (Å²) in [5.74, 6) is -0.132. The van der Waals surface area contributed by atoms with Crippen LogP contribution >= 0.6 is 11.6 Å². The maximum atomic E-state index is 12.4. The molecule has 0 bridgehead atoms. The third-order valence-electron chi connectivity index (χ3n) is 3.46. The standard InChI is InChI=1S/C15H21ClN2O2/c1-14(2,3)11-7-10(8-12(16)17-11)13(19)18-15(4)5-6-20-9-15/h7-8H,5-6,9H2,1-4H3,(H,18,19). The Balaban J connectivity index is 2.24. The quantitative estimate of drug-likeness (QED) is 0.854. The fourth-order valence-corrected chi connectivity index (χ4v) is 2.33. The average Bonchev–Trinajstić information content (AvgIpc) is 2.73. The topological polar surface area (TPSA) is 51.2 Å². The molecule has 1 unspecified atom stereocenters. The molecule has 1 aromatic heterocycles. The van der Waals surface area contributed by atoms with Gasteiger partial charge in [0.1, 0.15) is 5.15 Å². The summed E-state index contributed by atoms with van der Waals surface area (Å²) in [6.45, 7) is 9.34. The monoisotopic (exact) mass is 296 g/mol. The number of carbonyl (C=O) groups excluding carboxylic acids is 1. The lowest BCUT2D eigenvalue weighted by Crippen LogP contribution is -2.46. The molecular weight excluding hydrogens is 276 g/mol. The first-order valence-corrected chi connectivity index (χ1v) is 7.16. The molecule has 1 aliphatic rings. The lowest BCUT2D eigenvalue weighted by atomic mass is 9.90. The minimum Gasteiger partial charge on any atom is -0.379 e. The van der Waals surface area contributed by atoms with Crippen molar-refractivity contribution in [3.63, 3.8) is 0 Å². The molecule has 5 heteroatoms. The summed E-state index contributed by atoms with van der Waals surface area (Å²) in [7, 11) is 0. The van der Waals surface area contributed by atoms with Gasteiger partial charge in [-0.15, -0.1) is 0 Å². The summed E-state index contributed by atoms with van der Waals surface area (Å²) in [6, 6.07) is 3.41. The first-order chi connectivity index (χ1) is 9.20. The number of nitrogens with one attached hydrogen (secondary N) is 1. The van der Waals surface area contributed by atoms with Gasteiger partial charge in [-0.3, -0.25) is 4.79 Å². The Morgan fingerprint density at radius 2 is 2.15 bits per heavy atom. The fraction of sp³-hybridized carbons (Fsp3) is 0.600. The van der Waals surface area contributed by atoms with E-state index in [1.807, 2.05) is 27.7 Å². The highest BCUT2D eigenvalue weighted by Crippen LogP contribution is 2.24. The van der Waals surface area contributed by atoms with Crippen molar-refractivity contribution in [2.24, 2.45) is 0 Å². The highest BCUT2D eigenvalue weighted by molar-refractivity contribution is 6.29. The number of aromatic nitrogens is 1. The number of rotatable bonds is 2. The van der Waals surface area contributed by atoms with Crippen LogP contribution in [0.2, 0.25) is 5.15 Å². The summed E-state index contributed by atoms with van der Waals surface area (Å²) in [5.41, 5.74) is 0.903. The van der Waals surface area contributed by atoms with Crippen LogP contribution in [0.15, 0.2) is 12.1 Å². The molecule has 1 saturated heterocycles. The van der Waals surface area contributed by atoms with Gasteiger partial charge < -0.3 is 10.1 Å². The number of hydrogen-bond acceptors (Lipinski definition) is 3. The van der Waals surface area contributed by atoms with Gasteiger partial charge in [-0.2, -0.15) is 0 Å². The largest absolute Gasteiger partial charge is 0.379 e. The molecule has 0 radical (unpaired) electrons. The normalized spacial score (nSPS) is 22.9. The van der Waals surface area contributed by atoms with Crippen molar-refractivity contribution >= 4 is 17.5 Å². The molecule has 0 aliphatic carbocycles. The molecule has 20 heavy (non-hydrogen) atoms. The minimum absolute atomic E-state index is 0.132. The lowest BCUT2D eigenvalue weighted by molar-refractivity contribution is 0.0889. The van der Waals surface area contributed by atoms with Gasteiger partial charge in [-0.1, -0.05) is 32.4 Å². The van der Waals surface area contributed by atoms with Crippen LogP contribution in [0.5, 0.6) is 0 Å². The first-order valence-electron chi connectivity index (χ1n) is 6.78. The average molecular weight is 297 g/mol. The van der Waals surface area contributed by atoms with E-state index in [2.05, 4.69) is 10.3 Å². The van der Waals surface area contributed by atoms with Gasteiger partial charge >= 0.3 is 0 Å². The number of halogens is 1. The molecule has 0 saturated carbocycles. The molecule has 1 amide bonds. The molecule has 1 N–H and O–H groups in total. The summed E-state index contributed by atoms with van der Waals surface area (Å²) >= 11 is 6.04. The van der Waals surface area contributed by atoms with Crippen molar-refractivity contribution in [3.8, 4) is 0 Å². The molecule has 1 aliphatic heterocycles. The van der Waals surface area contributed by atoms with Gasteiger partial charge in [0.25, 0.3) is 5.91 Å². The Bertz CT molecular complexity index is 517. The van der Waals surface area contributed by atoms with E-state index in [1.54, 1.807) is 12.1 Å². The third-order valence-corrected chi connectivity index (χ3v) is 3.65. The maximum absolute atomic E-state index is 12.4. The zero-order valence-electron chi connectivity index (χ0n) is 12.4. The van der Waals surface area contributed by atoms with E-state index >= 15 is 0 Å². The Hall–Kier alpha value is -1.13. The van der Waals surface area contributed by atoms with Crippen molar-refractivity contribution in [3.05, 3.63) is 28.5 Å². The predicted octanol–water partition coefficient (Wildman–Crippen LogP) is 2.94. The molecule has 0 spiro atoms. The molecule has 1 aromatic rings. The van der Waals surface area contributed by atoms with E-state index in [0.29, 0.717) is 23.9 Å². The van der Waals surface area contributed by atoms with Gasteiger partial charge in [0, 0.05) is 23.3 Å². The summed E-state index contributed by atoms with van der Waals surface area (Å²) in [5, 5.41) is 3.37. The Morgan fingerprint density at radius 1 is 1.45 bits per heavy atom. The second-order valence-electron chi connectivity index (χ2n) is 6.63. The Labute approximate surface area is 124 Å². The van der Waals surface area contributed by atoms with Crippen LogP contribution in [-0.2, 0) is 10.2 Å². The zero-order chi connectivity index (χ0) is 15.0. The van der Waals surface area contributed by atoms with Crippen LogP contribution < -0.4 is 5.32 Å². The lowest BCUT2D eigenvalue weighted by Gasteiger charge is -2.24. The van der Waals surface area contributed by atoms with Gasteiger partial charge in [0.05, 0.1) is 12.1 Å². The number of hydrogen-bond donors (Lipinski definition) is 1. The van der Waals surface area contributed by atoms with Crippen molar-refractivity contribution < 1.29 is 9.53 Å². The second kappa shape index (κ2) is 5.34. The number of nitrogens with zero attached hydrogens (tertiary/aromatic N) is 1. The van der Waals surface area contributed by atoms with Gasteiger partial charge in [-0.05, 0) is 25.5 Å². The Kier molecular flexibility index (Phi) is 4.07. The molecular formula is C15H21ClN2O2. The van der Waals surface area contributed by atoms with Crippen molar-refractivity contribution in [1.29, 1.82) is 0 Å². The van der Waals surface area contributed by atoms with Crippen LogP contribution in [0.4, 0.5) is 0 Å². The maximum Gasteiger partial charge on any atom is 0.251 e. The smallest absolute Gasteiger partial charge is 0.251 e. The van der Waals surface area contributed by atoms with Crippen molar-refractivity contribution in [1.82, 2.24) is 10.3 Å². The highest BCUT2D eigenvalue weighted by atomic mass is 35.5. The van der Waals surface area contributed by atoms with Gasteiger partial charge in [0.15, 0.2) is 0 Å². The van der Waals surface area contributed by atoms with Crippen LogP contribution in [0.25, 0.3) is 0 Å². The summed E-state index contributed by atoms with van der Waals surface area (Å²) in [6.07, 6.45) is 0.823. The number of pyridine rings is 1. The zero-order valence-corrected chi connectivity index (χ0v) is 13.2. The Morgan fingerprint density at radius 3 is 2.70 bits per heavy atom. The van der Waals surface area contributed by atoms with E-state index in [0.717, 1.165) is 12.1 Å². The number of amides is 1. The number of ether oxygens (including phenoxy) is 1. The van der Waals surface area contributed by atoms with Crippen molar-refractivity contribution in [2.45, 2.75) is 45.1 Å². The molecule has 2 rings (SSSR count). The first kappa shape index (κ1) is 15.3. The van der Waals surface area contributed by atoms with Crippen LogP contribution in [0.3, 0.4) is 0 Å². The summed E-state index contributed by atoms with van der Waals surface area (Å²) < 4.78 is 5.35. The molecule has 1 fully saturated rings. The minimum atomic E-state index is -0.297. The van der Waals surface area contributed by atoms with Crippen LogP contribution in [0, 0.1) is 0 Å². The summed E-state index contributed by atoms with van der Waals surface area (Å²) in [4.78, 5) is 16.7.